The number of nitrogens with zero attached hydrogens (tertiary/aromatic N) is 5. The quantitative estimate of drug-likeness (QED) is 0.776. The van der Waals surface area contributed by atoms with Crippen LogP contribution in [0.3, 0.4) is 0 Å². The third-order valence-corrected chi connectivity index (χ3v) is 7.15. The Labute approximate surface area is 164 Å². The first-order valence-electron chi connectivity index (χ1n) is 9.40. The van der Waals surface area contributed by atoms with Gasteiger partial charge in [0.25, 0.3) is 10.2 Å². The molecule has 1 fully saturated rings. The van der Waals surface area contributed by atoms with Crippen molar-refractivity contribution in [3.63, 3.8) is 0 Å². The molecule has 2 aromatic rings. The summed E-state index contributed by atoms with van der Waals surface area (Å²) in [6.07, 6.45) is 5.21. The number of aryl methyl sites for hydroxylation is 1. The van der Waals surface area contributed by atoms with Gasteiger partial charge in [0.2, 0.25) is 5.91 Å². The molecular weight excluding hydrogens is 380 g/mol. The minimum absolute atomic E-state index is 0.0941. The van der Waals surface area contributed by atoms with Gasteiger partial charge >= 0.3 is 0 Å². The van der Waals surface area contributed by atoms with Gasteiger partial charge in [-0.3, -0.25) is 14.5 Å². The zero-order valence-corrected chi connectivity index (χ0v) is 16.6. The molecule has 2 aliphatic heterocycles. The van der Waals surface area contributed by atoms with E-state index in [4.69, 9.17) is 0 Å². The summed E-state index contributed by atoms with van der Waals surface area (Å²) in [7, 11) is -1.81. The normalized spacial score (nSPS) is 20.8. The molecule has 0 aromatic carbocycles. The summed E-state index contributed by atoms with van der Waals surface area (Å²) in [6, 6.07) is 5.50. The maximum atomic E-state index is 13.0. The van der Waals surface area contributed by atoms with Gasteiger partial charge in [-0.2, -0.15) is 22.1 Å². The molecule has 0 bridgehead atoms. The molecule has 9 nitrogen and oxygen atoms in total. The number of fused-ring (bicyclic) bond motifs is 1. The average Bonchev–Trinajstić information content (AvgIpc) is 3.35. The molecule has 150 valence electrons. The van der Waals surface area contributed by atoms with Gasteiger partial charge in [-0.15, -0.1) is 0 Å². The number of carbonyl (C=O) groups is 1. The predicted molar refractivity (Wildman–Crippen MR) is 102 cm³/mol. The molecule has 2 aliphatic rings. The van der Waals surface area contributed by atoms with Gasteiger partial charge in [0.05, 0.1) is 23.9 Å². The van der Waals surface area contributed by atoms with Gasteiger partial charge < -0.3 is 5.32 Å². The topological polar surface area (TPSA) is 100 Å². The Morgan fingerprint density at radius 3 is 2.75 bits per heavy atom. The highest BCUT2D eigenvalue weighted by Crippen LogP contribution is 2.31. The largest absolute Gasteiger partial charge is 0.350 e. The summed E-state index contributed by atoms with van der Waals surface area (Å²) >= 11 is 0. The van der Waals surface area contributed by atoms with Crippen LogP contribution in [0.1, 0.15) is 35.7 Å². The second kappa shape index (κ2) is 7.61. The summed E-state index contributed by atoms with van der Waals surface area (Å²) in [5.74, 6) is -0.891. The summed E-state index contributed by atoms with van der Waals surface area (Å²) < 4.78 is 30.6. The molecule has 4 heterocycles. The van der Waals surface area contributed by atoms with Gasteiger partial charge in [0, 0.05) is 51.2 Å². The first-order valence-corrected chi connectivity index (χ1v) is 10.8. The van der Waals surface area contributed by atoms with Crippen LogP contribution in [0.4, 0.5) is 0 Å². The Morgan fingerprint density at radius 2 is 2.04 bits per heavy atom. The molecule has 2 aromatic heterocycles. The van der Waals surface area contributed by atoms with Crippen molar-refractivity contribution < 1.29 is 13.2 Å². The summed E-state index contributed by atoms with van der Waals surface area (Å²) in [5, 5.41) is 7.30. The van der Waals surface area contributed by atoms with E-state index < -0.39 is 16.1 Å². The molecule has 0 saturated carbocycles. The minimum atomic E-state index is -3.59. The van der Waals surface area contributed by atoms with E-state index in [1.807, 2.05) is 18.2 Å². The summed E-state index contributed by atoms with van der Waals surface area (Å²) in [4.78, 5) is 17.1. The van der Waals surface area contributed by atoms with Crippen molar-refractivity contribution in [3.8, 4) is 0 Å². The highest BCUT2D eigenvalue weighted by atomic mass is 32.2. The van der Waals surface area contributed by atoms with Crippen LogP contribution in [-0.4, -0.2) is 57.3 Å². The number of aromatic nitrogens is 3. The Morgan fingerprint density at radius 1 is 1.25 bits per heavy atom. The van der Waals surface area contributed by atoms with Crippen molar-refractivity contribution in [2.24, 2.45) is 7.05 Å². The second-order valence-corrected chi connectivity index (χ2v) is 9.14. The SMILES string of the molecule is Cn1cc2c(n1)[C@H](C(=O)NCc1ccccn1)CN(S(=O)(=O)N1CCCC1)C2. The number of nitrogens with one attached hydrogen (secondary N) is 1. The van der Waals surface area contributed by atoms with Crippen LogP contribution in [0.2, 0.25) is 0 Å². The number of carbonyl (C=O) groups excluding carboxylic acids is 1. The summed E-state index contributed by atoms with van der Waals surface area (Å²) in [5.41, 5.74) is 2.16. The average molecular weight is 404 g/mol. The van der Waals surface area contributed by atoms with Gasteiger partial charge in [0.1, 0.15) is 0 Å². The molecule has 1 amide bonds. The van der Waals surface area contributed by atoms with E-state index in [-0.39, 0.29) is 25.5 Å². The first kappa shape index (κ1) is 19.0. The Balaban J connectivity index is 1.56. The zero-order valence-electron chi connectivity index (χ0n) is 15.8. The Bertz CT molecular complexity index is 953. The first-order chi connectivity index (χ1) is 13.4. The van der Waals surface area contributed by atoms with Crippen molar-refractivity contribution in [3.05, 3.63) is 47.5 Å². The molecule has 4 rings (SSSR count). The predicted octanol–water partition coefficient (Wildman–Crippen LogP) is 0.371. The van der Waals surface area contributed by atoms with Crippen molar-refractivity contribution in [1.29, 1.82) is 0 Å². The Hall–Kier alpha value is -2.30. The van der Waals surface area contributed by atoms with Crippen LogP contribution in [0.15, 0.2) is 30.6 Å². The van der Waals surface area contributed by atoms with Crippen molar-refractivity contribution in [2.75, 3.05) is 19.6 Å². The van der Waals surface area contributed by atoms with E-state index in [9.17, 15) is 13.2 Å². The number of hydrogen-bond donors (Lipinski definition) is 1. The number of pyridine rings is 1. The third-order valence-electron chi connectivity index (χ3n) is 5.20. The van der Waals surface area contributed by atoms with Gasteiger partial charge in [0.15, 0.2) is 0 Å². The molecule has 1 saturated heterocycles. The van der Waals surface area contributed by atoms with Crippen LogP contribution >= 0.6 is 0 Å². The maximum Gasteiger partial charge on any atom is 0.282 e. The molecule has 1 N–H and O–H groups in total. The second-order valence-electron chi connectivity index (χ2n) is 7.21. The monoisotopic (exact) mass is 404 g/mol. The fraction of sp³-hybridized carbons (Fsp3) is 0.500. The van der Waals surface area contributed by atoms with Crippen LogP contribution < -0.4 is 5.32 Å². The van der Waals surface area contributed by atoms with Crippen LogP contribution in [-0.2, 0) is 35.1 Å². The highest BCUT2D eigenvalue weighted by Gasteiger charge is 2.40. The van der Waals surface area contributed by atoms with E-state index >= 15 is 0 Å². The van der Waals surface area contributed by atoms with Crippen molar-refractivity contribution >= 4 is 16.1 Å². The van der Waals surface area contributed by atoms with Crippen LogP contribution in [0, 0.1) is 0 Å². The fourth-order valence-corrected chi connectivity index (χ4v) is 5.47. The molecule has 0 aliphatic carbocycles. The maximum absolute atomic E-state index is 13.0. The smallest absolute Gasteiger partial charge is 0.282 e. The molecule has 1 atom stereocenters. The minimum Gasteiger partial charge on any atom is -0.350 e. The van der Waals surface area contributed by atoms with E-state index in [1.165, 1.54) is 8.61 Å². The molecule has 0 radical (unpaired) electrons. The van der Waals surface area contributed by atoms with Crippen molar-refractivity contribution in [1.82, 2.24) is 28.7 Å². The lowest BCUT2D eigenvalue weighted by Crippen LogP contribution is -2.48. The van der Waals surface area contributed by atoms with E-state index in [0.717, 1.165) is 24.1 Å². The van der Waals surface area contributed by atoms with E-state index in [1.54, 1.807) is 24.1 Å². The van der Waals surface area contributed by atoms with E-state index in [0.29, 0.717) is 18.8 Å². The number of rotatable bonds is 5. The van der Waals surface area contributed by atoms with Gasteiger partial charge in [-0.25, -0.2) is 0 Å². The lowest BCUT2D eigenvalue weighted by molar-refractivity contribution is -0.123. The number of amides is 1. The zero-order chi connectivity index (χ0) is 19.7. The lowest BCUT2D eigenvalue weighted by atomic mass is 9.97. The fourth-order valence-electron chi connectivity index (χ4n) is 3.78. The van der Waals surface area contributed by atoms with E-state index in [2.05, 4.69) is 15.4 Å². The Kier molecular flexibility index (Phi) is 5.17. The summed E-state index contributed by atoms with van der Waals surface area (Å²) in [6.45, 7) is 1.70. The van der Waals surface area contributed by atoms with Crippen LogP contribution in [0.5, 0.6) is 0 Å². The van der Waals surface area contributed by atoms with Crippen molar-refractivity contribution in [2.45, 2.75) is 31.8 Å². The molecule has 0 unspecified atom stereocenters. The lowest BCUT2D eigenvalue weighted by Gasteiger charge is -2.33. The third kappa shape index (κ3) is 3.67. The molecule has 28 heavy (non-hydrogen) atoms. The highest BCUT2D eigenvalue weighted by molar-refractivity contribution is 7.86. The number of hydrogen-bond acceptors (Lipinski definition) is 5. The molecular formula is C18H24N6O3S. The van der Waals surface area contributed by atoms with Crippen LogP contribution in [0.25, 0.3) is 0 Å². The molecule has 10 heteroatoms. The van der Waals surface area contributed by atoms with Gasteiger partial charge in [-0.1, -0.05) is 6.07 Å². The molecule has 0 spiro atoms. The van der Waals surface area contributed by atoms with Gasteiger partial charge in [-0.05, 0) is 25.0 Å². The standard InChI is InChI=1S/C18H24N6O3S/c1-22-11-14-12-24(28(26,27)23-8-4-5-9-23)13-16(17(14)21-22)18(25)20-10-15-6-2-3-7-19-15/h2-3,6-7,11,16H,4-5,8-10,12-13H2,1H3,(H,20,25)/t16-/m1/s1.